The van der Waals surface area contributed by atoms with Gasteiger partial charge in [0.1, 0.15) is 0 Å². The zero-order chi connectivity index (χ0) is 24.5. The third-order valence-electron chi connectivity index (χ3n) is 6.00. The molecule has 5 rings (SSSR count). The maximum Gasteiger partial charge on any atom is 0.0163 e. The molecule has 1 atom stereocenters. The summed E-state index contributed by atoms with van der Waals surface area (Å²) in [5.74, 6) is 0.900. The Morgan fingerprint density at radius 1 is 0.556 bits per heavy atom. The molecule has 2 nitrogen and oxygen atoms in total. The molecule has 2 heterocycles. The maximum atomic E-state index is 4.45. The number of hydrogen-bond donors (Lipinski definition) is 0. The van der Waals surface area contributed by atoms with Crippen LogP contribution in [0.1, 0.15) is 49.3 Å². The molecule has 0 fully saturated rings. The second-order valence-electron chi connectivity index (χ2n) is 8.79. The zero-order valence-electron chi connectivity index (χ0n) is 20.9. The van der Waals surface area contributed by atoms with Crippen LogP contribution >= 0.6 is 0 Å². The van der Waals surface area contributed by atoms with Gasteiger partial charge < -0.3 is 9.97 Å². The van der Waals surface area contributed by atoms with E-state index < -0.39 is 0 Å². The van der Waals surface area contributed by atoms with Crippen molar-refractivity contribution >= 4 is 0 Å². The van der Waals surface area contributed by atoms with Crippen LogP contribution in [0.25, 0.3) is 22.5 Å². The third-order valence-corrected chi connectivity index (χ3v) is 6.00. The van der Waals surface area contributed by atoms with Crippen molar-refractivity contribution in [3.8, 4) is 22.5 Å². The first-order chi connectivity index (χ1) is 17.1. The van der Waals surface area contributed by atoms with Crippen LogP contribution in [0.5, 0.6) is 0 Å². The van der Waals surface area contributed by atoms with Gasteiger partial charge in [0.15, 0.2) is 0 Å². The molecule has 0 aliphatic carbocycles. The number of rotatable bonds is 5. The van der Waals surface area contributed by atoms with Crippen LogP contribution in [-0.2, 0) is 20.1 Å². The Morgan fingerprint density at radius 2 is 1.06 bits per heavy atom. The molecule has 0 saturated heterocycles. The SMILES string of the molecule is CC(C)c1ccnc(-c2[c-]cccc2)c1.CC(c1ccccc1)c1ccnc(-c2[c-]cccc2)c1.[Ir]. The van der Waals surface area contributed by atoms with Crippen molar-refractivity contribution in [2.45, 2.75) is 32.6 Å². The van der Waals surface area contributed by atoms with Gasteiger partial charge in [0.2, 0.25) is 0 Å². The van der Waals surface area contributed by atoms with E-state index in [1.165, 1.54) is 16.7 Å². The van der Waals surface area contributed by atoms with Crippen molar-refractivity contribution in [1.29, 1.82) is 0 Å². The van der Waals surface area contributed by atoms with Crippen LogP contribution in [0.15, 0.2) is 116 Å². The molecule has 0 N–H and O–H groups in total. The average Bonchev–Trinajstić information content (AvgIpc) is 2.94. The van der Waals surface area contributed by atoms with Gasteiger partial charge in [-0.3, -0.25) is 0 Å². The van der Waals surface area contributed by atoms with Crippen molar-refractivity contribution in [3.63, 3.8) is 0 Å². The molecule has 1 unspecified atom stereocenters. The molecule has 183 valence electrons. The zero-order valence-corrected chi connectivity index (χ0v) is 23.2. The van der Waals surface area contributed by atoms with Crippen molar-refractivity contribution in [1.82, 2.24) is 9.97 Å². The van der Waals surface area contributed by atoms with E-state index in [2.05, 4.69) is 91.4 Å². The summed E-state index contributed by atoms with van der Waals surface area (Å²) in [7, 11) is 0. The number of hydrogen-bond acceptors (Lipinski definition) is 2. The third kappa shape index (κ3) is 7.31. The Kier molecular flexibility index (Phi) is 10.3. The van der Waals surface area contributed by atoms with E-state index in [9.17, 15) is 0 Å². The molecule has 0 aliphatic rings. The standard InChI is InChI=1S/C19H16N.C14H14N.Ir/c1-15(16-8-4-2-5-9-16)18-12-13-20-19(14-18)17-10-6-3-7-11-17;1-11(2)13-8-9-15-14(10-13)12-6-4-3-5-7-12;/h2-10,12-15H,1H3;3-6,8-11H,1-2H3;/q2*-1;. The number of pyridine rings is 2. The predicted octanol–water partition coefficient (Wildman–Crippen LogP) is 8.37. The predicted molar refractivity (Wildman–Crippen MR) is 145 cm³/mol. The second kappa shape index (κ2) is 13.6. The van der Waals surface area contributed by atoms with E-state index in [0.717, 1.165) is 22.5 Å². The molecule has 5 aromatic rings. The minimum atomic E-state index is 0. The molecular weight excluding hydrogens is 617 g/mol. The van der Waals surface area contributed by atoms with E-state index in [1.807, 2.05) is 67.0 Å². The summed E-state index contributed by atoms with van der Waals surface area (Å²) >= 11 is 0. The summed E-state index contributed by atoms with van der Waals surface area (Å²) in [5.41, 5.74) is 7.99. The van der Waals surface area contributed by atoms with E-state index in [-0.39, 0.29) is 20.1 Å². The van der Waals surface area contributed by atoms with E-state index in [1.54, 1.807) is 0 Å². The molecular formula is C33H30IrN2-2. The van der Waals surface area contributed by atoms with E-state index >= 15 is 0 Å². The minimum absolute atomic E-state index is 0. The van der Waals surface area contributed by atoms with Gasteiger partial charge >= 0.3 is 0 Å². The van der Waals surface area contributed by atoms with Crippen molar-refractivity contribution < 1.29 is 20.1 Å². The van der Waals surface area contributed by atoms with Gasteiger partial charge in [-0.25, -0.2) is 0 Å². The van der Waals surface area contributed by atoms with Crippen LogP contribution in [0, 0.1) is 12.1 Å². The monoisotopic (exact) mass is 647 g/mol. The van der Waals surface area contributed by atoms with Crippen LogP contribution < -0.4 is 0 Å². The smallest absolute Gasteiger partial charge is 0.0163 e. The molecule has 0 aliphatic heterocycles. The number of nitrogens with zero attached hydrogens (tertiary/aromatic N) is 2. The van der Waals surface area contributed by atoms with Gasteiger partial charge in [0, 0.05) is 38.4 Å². The van der Waals surface area contributed by atoms with Crippen molar-refractivity contribution in [3.05, 3.63) is 144 Å². The average molecular weight is 647 g/mol. The first kappa shape index (κ1) is 27.2. The number of aromatic nitrogens is 2. The molecule has 0 saturated carbocycles. The van der Waals surface area contributed by atoms with Gasteiger partial charge in [-0.2, -0.15) is 0 Å². The normalized spacial score (nSPS) is 11.1. The molecule has 0 amide bonds. The summed E-state index contributed by atoms with van der Waals surface area (Å²) in [6.45, 7) is 6.60. The summed E-state index contributed by atoms with van der Waals surface area (Å²) < 4.78 is 0. The van der Waals surface area contributed by atoms with E-state index in [0.29, 0.717) is 11.8 Å². The first-order valence-electron chi connectivity index (χ1n) is 12.0. The van der Waals surface area contributed by atoms with E-state index in [4.69, 9.17) is 0 Å². The largest absolute Gasteiger partial charge is 0.305 e. The number of benzene rings is 3. The van der Waals surface area contributed by atoms with Gasteiger partial charge in [0.25, 0.3) is 0 Å². The van der Waals surface area contributed by atoms with Gasteiger partial charge in [-0.15, -0.1) is 71.8 Å². The fourth-order valence-electron chi connectivity index (χ4n) is 3.86. The molecule has 3 heteroatoms. The minimum Gasteiger partial charge on any atom is -0.305 e. The maximum absolute atomic E-state index is 4.45. The summed E-state index contributed by atoms with van der Waals surface area (Å²) in [4.78, 5) is 8.82. The Morgan fingerprint density at radius 3 is 1.56 bits per heavy atom. The van der Waals surface area contributed by atoms with Crippen LogP contribution in [0.3, 0.4) is 0 Å². The Bertz CT molecular complexity index is 1320. The van der Waals surface area contributed by atoms with Gasteiger partial charge in [0.05, 0.1) is 0 Å². The second-order valence-corrected chi connectivity index (χ2v) is 8.79. The van der Waals surface area contributed by atoms with Gasteiger partial charge in [-0.05, 0) is 40.6 Å². The Balaban J connectivity index is 0.000000203. The quantitative estimate of drug-likeness (QED) is 0.179. The Labute approximate surface area is 228 Å². The fraction of sp³-hybridized carbons (Fsp3) is 0.152. The molecule has 2 aromatic heterocycles. The molecule has 1 radical (unpaired) electrons. The topological polar surface area (TPSA) is 25.8 Å². The van der Waals surface area contributed by atoms with Crippen LogP contribution in [0.4, 0.5) is 0 Å². The Hall–Kier alpha value is -3.39. The van der Waals surface area contributed by atoms with Crippen LogP contribution in [0.2, 0.25) is 0 Å². The van der Waals surface area contributed by atoms with Gasteiger partial charge in [-0.1, -0.05) is 68.8 Å². The molecule has 3 aromatic carbocycles. The van der Waals surface area contributed by atoms with Crippen molar-refractivity contribution in [2.24, 2.45) is 0 Å². The molecule has 0 bridgehead atoms. The summed E-state index contributed by atoms with van der Waals surface area (Å²) in [6, 6.07) is 41.3. The fourth-order valence-corrected chi connectivity index (χ4v) is 3.86. The van der Waals surface area contributed by atoms with Crippen molar-refractivity contribution in [2.75, 3.05) is 0 Å². The first-order valence-corrected chi connectivity index (χ1v) is 12.0. The summed E-state index contributed by atoms with van der Waals surface area (Å²) in [5, 5.41) is 0. The molecule has 36 heavy (non-hydrogen) atoms. The molecule has 0 spiro atoms. The summed E-state index contributed by atoms with van der Waals surface area (Å²) in [6.07, 6.45) is 3.75. The van der Waals surface area contributed by atoms with Crippen LogP contribution in [-0.4, -0.2) is 9.97 Å².